The number of halogens is 4. The standard InChI is InChI=1S/C18H19F4N/c1-2-11-23-16(12-13-7-4-3-5-8-13)14-9-6-10-15(17(14)19)18(20,21)22/h3-10,16,23H,2,11-12H2,1H3. The van der Waals surface area contributed by atoms with Gasteiger partial charge in [-0.15, -0.1) is 0 Å². The number of hydrogen-bond donors (Lipinski definition) is 1. The fourth-order valence-corrected chi connectivity index (χ4v) is 2.50. The molecule has 23 heavy (non-hydrogen) atoms. The van der Waals surface area contributed by atoms with Crippen LogP contribution in [0.5, 0.6) is 0 Å². The van der Waals surface area contributed by atoms with E-state index >= 15 is 0 Å². The number of benzene rings is 2. The van der Waals surface area contributed by atoms with Crippen LogP contribution >= 0.6 is 0 Å². The molecule has 1 unspecified atom stereocenters. The van der Waals surface area contributed by atoms with Crippen molar-refractivity contribution < 1.29 is 17.6 Å². The van der Waals surface area contributed by atoms with Crippen molar-refractivity contribution in [2.24, 2.45) is 0 Å². The van der Waals surface area contributed by atoms with Gasteiger partial charge in [0, 0.05) is 11.6 Å². The quantitative estimate of drug-likeness (QED) is 0.726. The lowest BCUT2D eigenvalue weighted by molar-refractivity contribution is -0.140. The van der Waals surface area contributed by atoms with Crippen molar-refractivity contribution in [1.82, 2.24) is 5.32 Å². The third kappa shape index (κ3) is 4.55. The summed E-state index contributed by atoms with van der Waals surface area (Å²) in [5, 5.41) is 3.15. The molecular formula is C18H19F4N. The van der Waals surface area contributed by atoms with Gasteiger partial charge in [-0.3, -0.25) is 0 Å². The van der Waals surface area contributed by atoms with E-state index in [1.165, 1.54) is 12.1 Å². The molecule has 0 amide bonds. The van der Waals surface area contributed by atoms with E-state index < -0.39 is 23.6 Å². The molecule has 0 aliphatic carbocycles. The van der Waals surface area contributed by atoms with Crippen LogP contribution in [0.3, 0.4) is 0 Å². The minimum absolute atomic E-state index is 0.0529. The van der Waals surface area contributed by atoms with E-state index in [9.17, 15) is 17.6 Å². The number of rotatable bonds is 6. The summed E-state index contributed by atoms with van der Waals surface area (Å²) in [5.41, 5.74) is -0.221. The van der Waals surface area contributed by atoms with Crippen molar-refractivity contribution in [3.63, 3.8) is 0 Å². The SMILES string of the molecule is CCCNC(Cc1ccccc1)c1cccc(C(F)(F)F)c1F. The molecule has 1 atom stereocenters. The maximum atomic E-state index is 14.4. The van der Waals surface area contributed by atoms with Crippen LogP contribution in [-0.4, -0.2) is 6.54 Å². The molecule has 5 heteroatoms. The van der Waals surface area contributed by atoms with Crippen LogP contribution in [0.1, 0.15) is 36.1 Å². The van der Waals surface area contributed by atoms with Gasteiger partial charge < -0.3 is 5.32 Å². The first kappa shape index (κ1) is 17.5. The van der Waals surface area contributed by atoms with Crippen molar-refractivity contribution in [2.45, 2.75) is 32.0 Å². The molecule has 1 nitrogen and oxygen atoms in total. The first-order chi connectivity index (χ1) is 10.9. The van der Waals surface area contributed by atoms with Gasteiger partial charge in [0.1, 0.15) is 5.82 Å². The fourth-order valence-electron chi connectivity index (χ4n) is 2.50. The molecule has 0 bridgehead atoms. The van der Waals surface area contributed by atoms with Gasteiger partial charge in [-0.05, 0) is 31.0 Å². The summed E-state index contributed by atoms with van der Waals surface area (Å²) in [6.07, 6.45) is -3.45. The van der Waals surface area contributed by atoms with Crippen LogP contribution in [0, 0.1) is 5.82 Å². The highest BCUT2D eigenvalue weighted by atomic mass is 19.4. The molecule has 0 radical (unpaired) electrons. The van der Waals surface area contributed by atoms with E-state index in [4.69, 9.17) is 0 Å². The van der Waals surface area contributed by atoms with Crippen LogP contribution < -0.4 is 5.32 Å². The molecule has 2 aromatic carbocycles. The first-order valence-electron chi connectivity index (χ1n) is 7.56. The molecule has 2 rings (SSSR count). The second-order valence-electron chi connectivity index (χ2n) is 5.40. The van der Waals surface area contributed by atoms with Gasteiger partial charge in [-0.25, -0.2) is 4.39 Å². The molecule has 0 fully saturated rings. The lowest BCUT2D eigenvalue weighted by atomic mass is 9.96. The molecule has 0 aromatic heterocycles. The van der Waals surface area contributed by atoms with Crippen LogP contribution in [-0.2, 0) is 12.6 Å². The van der Waals surface area contributed by atoms with Gasteiger partial charge in [0.15, 0.2) is 0 Å². The third-order valence-corrected chi connectivity index (χ3v) is 3.63. The van der Waals surface area contributed by atoms with Crippen molar-refractivity contribution in [1.29, 1.82) is 0 Å². The summed E-state index contributed by atoms with van der Waals surface area (Å²) in [4.78, 5) is 0. The predicted molar refractivity (Wildman–Crippen MR) is 82.6 cm³/mol. The van der Waals surface area contributed by atoms with Crippen LogP contribution in [0.2, 0.25) is 0 Å². The Morgan fingerprint density at radius 3 is 2.30 bits per heavy atom. The Bertz CT molecular complexity index is 623. The summed E-state index contributed by atoms with van der Waals surface area (Å²) in [5.74, 6) is -1.19. The smallest absolute Gasteiger partial charge is 0.310 e. The monoisotopic (exact) mass is 325 g/mol. The number of alkyl halides is 3. The Kier molecular flexibility index (Phi) is 5.77. The van der Waals surface area contributed by atoms with Crippen LogP contribution in [0.15, 0.2) is 48.5 Å². The van der Waals surface area contributed by atoms with Crippen LogP contribution in [0.25, 0.3) is 0 Å². The van der Waals surface area contributed by atoms with Gasteiger partial charge >= 0.3 is 6.18 Å². The predicted octanol–water partition coefficient (Wildman–Crippen LogP) is 5.13. The second-order valence-corrected chi connectivity index (χ2v) is 5.40. The molecule has 0 saturated carbocycles. The van der Waals surface area contributed by atoms with Crippen molar-refractivity contribution in [2.75, 3.05) is 6.54 Å². The zero-order chi connectivity index (χ0) is 16.9. The van der Waals surface area contributed by atoms with E-state index in [1.807, 2.05) is 37.3 Å². The summed E-state index contributed by atoms with van der Waals surface area (Å²) >= 11 is 0. The average molecular weight is 325 g/mol. The average Bonchev–Trinajstić information content (AvgIpc) is 2.51. The summed E-state index contributed by atoms with van der Waals surface area (Å²) in [6.45, 7) is 2.56. The molecule has 0 saturated heterocycles. The molecule has 2 aromatic rings. The normalized spacial score (nSPS) is 13.1. The zero-order valence-corrected chi connectivity index (χ0v) is 12.8. The molecule has 0 spiro atoms. The summed E-state index contributed by atoms with van der Waals surface area (Å²) in [7, 11) is 0. The molecule has 1 N–H and O–H groups in total. The highest BCUT2D eigenvalue weighted by Gasteiger charge is 2.35. The van der Waals surface area contributed by atoms with Gasteiger partial charge in [-0.2, -0.15) is 13.2 Å². The Labute approximate surface area is 133 Å². The van der Waals surface area contributed by atoms with E-state index in [0.717, 1.165) is 18.1 Å². The van der Waals surface area contributed by atoms with Crippen LogP contribution in [0.4, 0.5) is 17.6 Å². The van der Waals surface area contributed by atoms with Gasteiger partial charge in [-0.1, -0.05) is 49.4 Å². The van der Waals surface area contributed by atoms with Gasteiger partial charge in [0.05, 0.1) is 5.56 Å². The van der Waals surface area contributed by atoms with Crippen molar-refractivity contribution in [3.8, 4) is 0 Å². The van der Waals surface area contributed by atoms with E-state index in [-0.39, 0.29) is 5.56 Å². The topological polar surface area (TPSA) is 12.0 Å². The third-order valence-electron chi connectivity index (χ3n) is 3.63. The van der Waals surface area contributed by atoms with E-state index in [2.05, 4.69) is 5.32 Å². The Balaban J connectivity index is 2.35. The van der Waals surface area contributed by atoms with E-state index in [0.29, 0.717) is 13.0 Å². The van der Waals surface area contributed by atoms with E-state index in [1.54, 1.807) is 0 Å². The Morgan fingerprint density at radius 2 is 1.70 bits per heavy atom. The van der Waals surface area contributed by atoms with Gasteiger partial charge in [0.2, 0.25) is 0 Å². The largest absolute Gasteiger partial charge is 0.419 e. The molecule has 124 valence electrons. The minimum Gasteiger partial charge on any atom is -0.310 e. The molecular weight excluding hydrogens is 306 g/mol. The second kappa shape index (κ2) is 7.59. The summed E-state index contributed by atoms with van der Waals surface area (Å²) < 4.78 is 53.1. The lowest BCUT2D eigenvalue weighted by Gasteiger charge is -2.21. The Hall–Kier alpha value is -1.88. The van der Waals surface area contributed by atoms with Gasteiger partial charge in [0.25, 0.3) is 0 Å². The van der Waals surface area contributed by atoms with Crippen molar-refractivity contribution in [3.05, 3.63) is 71.0 Å². The summed E-state index contributed by atoms with van der Waals surface area (Å²) in [6, 6.07) is 12.3. The van der Waals surface area contributed by atoms with Crippen molar-refractivity contribution >= 4 is 0 Å². The molecule has 0 heterocycles. The highest BCUT2D eigenvalue weighted by molar-refractivity contribution is 5.32. The number of hydrogen-bond acceptors (Lipinski definition) is 1. The lowest BCUT2D eigenvalue weighted by Crippen LogP contribution is -2.26. The first-order valence-corrected chi connectivity index (χ1v) is 7.56. The molecule has 0 aliphatic rings. The number of nitrogens with one attached hydrogen (secondary N) is 1. The molecule has 0 aliphatic heterocycles. The zero-order valence-electron chi connectivity index (χ0n) is 12.8. The Morgan fingerprint density at radius 1 is 1.00 bits per heavy atom. The maximum absolute atomic E-state index is 14.4. The highest BCUT2D eigenvalue weighted by Crippen LogP contribution is 2.34. The fraction of sp³-hybridized carbons (Fsp3) is 0.333. The minimum atomic E-state index is -4.69. The maximum Gasteiger partial charge on any atom is 0.419 e.